The van der Waals surface area contributed by atoms with E-state index in [9.17, 15) is 0 Å². The summed E-state index contributed by atoms with van der Waals surface area (Å²) < 4.78 is 5.57. The molecule has 0 saturated heterocycles. The van der Waals surface area contributed by atoms with E-state index in [1.807, 2.05) is 7.11 Å². The lowest BCUT2D eigenvalue weighted by Crippen LogP contribution is -2.34. The number of aromatic amines is 1. The molecule has 2 aliphatic carbocycles. The summed E-state index contributed by atoms with van der Waals surface area (Å²) in [5, 5.41) is 7.74. The van der Waals surface area contributed by atoms with E-state index in [0.29, 0.717) is 17.4 Å². The third kappa shape index (κ3) is 4.65. The summed E-state index contributed by atoms with van der Waals surface area (Å²) in [4.78, 5) is 2.44. The minimum Gasteiger partial charge on any atom is -0.381 e. The first-order chi connectivity index (χ1) is 12.2. The number of hydrogen-bond donors (Lipinski definition) is 1. The molecule has 142 valence electrons. The maximum Gasteiger partial charge on any atom is 0.0571 e. The van der Waals surface area contributed by atoms with E-state index in [1.54, 1.807) is 0 Å². The summed E-state index contributed by atoms with van der Waals surface area (Å²) in [6.45, 7) is 4.47. The lowest BCUT2D eigenvalue weighted by Gasteiger charge is -2.44. The molecule has 0 radical (unpaired) electrons. The van der Waals surface area contributed by atoms with E-state index in [0.717, 1.165) is 6.54 Å². The Hall–Kier alpha value is -0.870. The highest BCUT2D eigenvalue weighted by atomic mass is 16.5. The van der Waals surface area contributed by atoms with Crippen molar-refractivity contribution in [2.45, 2.75) is 89.7 Å². The van der Waals surface area contributed by atoms with Gasteiger partial charge in [-0.25, -0.2) is 0 Å². The van der Waals surface area contributed by atoms with Crippen LogP contribution >= 0.6 is 0 Å². The second-order valence-electron chi connectivity index (χ2n) is 8.61. The molecule has 2 fully saturated rings. The third-order valence-electron chi connectivity index (χ3n) is 6.87. The van der Waals surface area contributed by atoms with Crippen molar-refractivity contribution in [3.63, 3.8) is 0 Å². The van der Waals surface area contributed by atoms with Gasteiger partial charge in [-0.2, -0.15) is 5.10 Å². The molecule has 0 bridgehead atoms. The number of rotatable bonds is 7. The zero-order chi connectivity index (χ0) is 17.7. The van der Waals surface area contributed by atoms with Crippen LogP contribution in [-0.4, -0.2) is 41.9 Å². The molecular formula is C21H37N3O. The molecule has 3 rings (SSSR count). The van der Waals surface area contributed by atoms with Crippen LogP contribution in [-0.2, 0) is 11.3 Å². The molecule has 1 spiro atoms. The van der Waals surface area contributed by atoms with Gasteiger partial charge in [0.15, 0.2) is 0 Å². The van der Waals surface area contributed by atoms with Crippen molar-refractivity contribution in [3.05, 3.63) is 17.5 Å². The molecule has 4 heteroatoms. The van der Waals surface area contributed by atoms with Crippen LogP contribution in [0.3, 0.4) is 0 Å². The Morgan fingerprint density at radius 2 is 1.88 bits per heavy atom. The Bertz CT molecular complexity index is 509. The van der Waals surface area contributed by atoms with Crippen LogP contribution in [0.15, 0.2) is 6.20 Å². The lowest BCUT2D eigenvalue weighted by atomic mass is 9.62. The molecule has 0 aromatic carbocycles. The van der Waals surface area contributed by atoms with Gasteiger partial charge in [0.1, 0.15) is 0 Å². The summed E-state index contributed by atoms with van der Waals surface area (Å²) in [6.07, 6.45) is 15.8. The maximum absolute atomic E-state index is 5.57. The Morgan fingerprint density at radius 1 is 1.20 bits per heavy atom. The molecule has 0 aliphatic heterocycles. The Balaban J connectivity index is 1.54. The molecule has 2 saturated carbocycles. The van der Waals surface area contributed by atoms with Gasteiger partial charge < -0.3 is 9.64 Å². The summed E-state index contributed by atoms with van der Waals surface area (Å²) in [6, 6.07) is 0. The molecule has 1 N–H and O–H groups in total. The van der Waals surface area contributed by atoms with Crippen LogP contribution in [0.4, 0.5) is 0 Å². The van der Waals surface area contributed by atoms with E-state index in [4.69, 9.17) is 4.74 Å². The summed E-state index contributed by atoms with van der Waals surface area (Å²) in [5.41, 5.74) is 3.45. The van der Waals surface area contributed by atoms with Crippen LogP contribution in [0.2, 0.25) is 0 Å². The number of ether oxygens (including phenoxy) is 1. The standard InChI is InChI=1S/C21H37N3O/c1-4-5-14-24(2)16-18-15-22-23-20(18)17-6-10-21(11-7-17)12-8-19(25-3)9-13-21/h15,17,19H,4-14,16H2,1-3H3,(H,22,23). The van der Waals surface area contributed by atoms with Crippen molar-refractivity contribution < 1.29 is 4.74 Å². The summed E-state index contributed by atoms with van der Waals surface area (Å²) in [5.74, 6) is 0.683. The van der Waals surface area contributed by atoms with E-state index < -0.39 is 0 Å². The van der Waals surface area contributed by atoms with Crippen molar-refractivity contribution >= 4 is 0 Å². The predicted molar refractivity (Wildman–Crippen MR) is 103 cm³/mol. The Labute approximate surface area is 153 Å². The van der Waals surface area contributed by atoms with Crippen molar-refractivity contribution in [1.29, 1.82) is 0 Å². The van der Waals surface area contributed by atoms with Crippen LogP contribution in [0.5, 0.6) is 0 Å². The molecule has 1 aromatic heterocycles. The zero-order valence-electron chi connectivity index (χ0n) is 16.5. The van der Waals surface area contributed by atoms with E-state index in [2.05, 4.69) is 35.3 Å². The van der Waals surface area contributed by atoms with Crippen molar-refractivity contribution in [1.82, 2.24) is 15.1 Å². The number of nitrogens with one attached hydrogen (secondary N) is 1. The zero-order valence-corrected chi connectivity index (χ0v) is 16.5. The average molecular weight is 348 g/mol. The number of methoxy groups -OCH3 is 1. The molecular weight excluding hydrogens is 310 g/mol. The fourth-order valence-electron chi connectivity index (χ4n) is 5.06. The minimum atomic E-state index is 0.515. The van der Waals surface area contributed by atoms with Gasteiger partial charge in [0.05, 0.1) is 12.3 Å². The van der Waals surface area contributed by atoms with Crippen molar-refractivity contribution in [3.8, 4) is 0 Å². The number of unbranched alkanes of at least 4 members (excludes halogenated alkanes) is 1. The minimum absolute atomic E-state index is 0.515. The predicted octanol–water partition coefficient (Wildman–Crippen LogP) is 4.87. The summed E-state index contributed by atoms with van der Waals surface area (Å²) in [7, 11) is 4.10. The van der Waals surface area contributed by atoms with Gasteiger partial charge in [0.2, 0.25) is 0 Å². The second-order valence-corrected chi connectivity index (χ2v) is 8.61. The molecule has 1 heterocycles. The first-order valence-corrected chi connectivity index (χ1v) is 10.4. The van der Waals surface area contributed by atoms with Gasteiger partial charge in [-0.05, 0) is 76.8 Å². The quantitative estimate of drug-likeness (QED) is 0.764. The van der Waals surface area contributed by atoms with E-state index in [1.165, 1.54) is 82.0 Å². The van der Waals surface area contributed by atoms with Gasteiger partial charge in [0, 0.05) is 30.8 Å². The second kappa shape index (κ2) is 8.68. The molecule has 1 aromatic rings. The maximum atomic E-state index is 5.57. The smallest absolute Gasteiger partial charge is 0.0571 e. The molecule has 0 amide bonds. The molecule has 2 aliphatic rings. The number of nitrogens with zero attached hydrogens (tertiary/aromatic N) is 2. The number of hydrogen-bond acceptors (Lipinski definition) is 3. The van der Waals surface area contributed by atoms with Crippen LogP contribution in [0.1, 0.15) is 88.3 Å². The van der Waals surface area contributed by atoms with Crippen LogP contribution < -0.4 is 0 Å². The molecule has 25 heavy (non-hydrogen) atoms. The van der Waals surface area contributed by atoms with Gasteiger partial charge in [-0.1, -0.05) is 13.3 Å². The fourth-order valence-corrected chi connectivity index (χ4v) is 5.06. The van der Waals surface area contributed by atoms with Crippen LogP contribution in [0, 0.1) is 5.41 Å². The molecule has 4 nitrogen and oxygen atoms in total. The van der Waals surface area contributed by atoms with Gasteiger partial charge >= 0.3 is 0 Å². The van der Waals surface area contributed by atoms with Gasteiger partial charge in [-0.3, -0.25) is 5.10 Å². The van der Waals surface area contributed by atoms with E-state index in [-0.39, 0.29) is 0 Å². The highest BCUT2D eigenvalue weighted by Gasteiger charge is 2.39. The Morgan fingerprint density at radius 3 is 2.52 bits per heavy atom. The monoisotopic (exact) mass is 347 g/mol. The average Bonchev–Trinajstić information content (AvgIpc) is 3.09. The first kappa shape index (κ1) is 18.9. The van der Waals surface area contributed by atoms with Gasteiger partial charge in [-0.15, -0.1) is 0 Å². The Kier molecular flexibility index (Phi) is 6.56. The number of aromatic nitrogens is 2. The molecule has 0 unspecified atom stereocenters. The van der Waals surface area contributed by atoms with Crippen LogP contribution in [0.25, 0.3) is 0 Å². The fraction of sp³-hybridized carbons (Fsp3) is 0.857. The highest BCUT2D eigenvalue weighted by molar-refractivity contribution is 5.21. The summed E-state index contributed by atoms with van der Waals surface area (Å²) >= 11 is 0. The highest BCUT2D eigenvalue weighted by Crippen LogP contribution is 2.51. The van der Waals surface area contributed by atoms with Gasteiger partial charge in [0.25, 0.3) is 0 Å². The SMILES string of the molecule is CCCCN(C)Cc1cn[nH]c1C1CCC2(CCC(OC)CC2)CC1. The lowest BCUT2D eigenvalue weighted by molar-refractivity contribution is 0.00892. The normalized spacial score (nSPS) is 30.2. The van der Waals surface area contributed by atoms with E-state index >= 15 is 0 Å². The number of H-pyrrole nitrogens is 1. The first-order valence-electron chi connectivity index (χ1n) is 10.4. The topological polar surface area (TPSA) is 41.2 Å². The van der Waals surface area contributed by atoms with Crippen molar-refractivity contribution in [2.75, 3.05) is 20.7 Å². The largest absolute Gasteiger partial charge is 0.381 e. The molecule has 0 atom stereocenters. The third-order valence-corrected chi connectivity index (χ3v) is 6.87. The van der Waals surface area contributed by atoms with Crippen molar-refractivity contribution in [2.24, 2.45) is 5.41 Å².